The van der Waals surface area contributed by atoms with Crippen molar-refractivity contribution in [3.05, 3.63) is 0 Å². The Morgan fingerprint density at radius 1 is 1.25 bits per heavy atom. The van der Waals surface area contributed by atoms with E-state index < -0.39 is 0 Å². The number of hydrogen-bond donors (Lipinski definition) is 0. The third kappa shape index (κ3) is 1.52. The maximum atomic E-state index is 2.74. The van der Waals surface area contributed by atoms with Crippen LogP contribution in [-0.2, 0) is 0 Å². The quantitative estimate of drug-likeness (QED) is 0.611. The monoisotopic (exact) mass is 167 g/mol. The van der Waals surface area contributed by atoms with Crippen molar-refractivity contribution in [1.29, 1.82) is 0 Å². The van der Waals surface area contributed by atoms with Gasteiger partial charge in [-0.25, -0.2) is 0 Å². The molecular weight excluding hydrogens is 146 g/mol. The van der Waals surface area contributed by atoms with E-state index in [0.29, 0.717) is 0 Å². The second kappa shape index (κ2) is 3.37. The standard InChI is InChI=1S/C11H21N/c1-9(2)8-12-7-6-10-4-3-5-11(10)12/h9-11H,3-8H2,1-2H3. The molecule has 0 bridgehead atoms. The zero-order valence-electron chi connectivity index (χ0n) is 8.42. The Morgan fingerprint density at radius 2 is 2.08 bits per heavy atom. The van der Waals surface area contributed by atoms with Crippen molar-refractivity contribution in [3.63, 3.8) is 0 Å². The van der Waals surface area contributed by atoms with Gasteiger partial charge in [-0.15, -0.1) is 0 Å². The molecule has 2 rings (SSSR count). The molecule has 1 nitrogen and oxygen atoms in total. The summed E-state index contributed by atoms with van der Waals surface area (Å²) in [7, 11) is 0. The van der Waals surface area contributed by atoms with E-state index in [1.54, 1.807) is 0 Å². The number of likely N-dealkylation sites (tertiary alicyclic amines) is 1. The summed E-state index contributed by atoms with van der Waals surface area (Å²) in [5.41, 5.74) is 0. The van der Waals surface area contributed by atoms with Crippen molar-refractivity contribution >= 4 is 0 Å². The topological polar surface area (TPSA) is 3.24 Å². The van der Waals surface area contributed by atoms with Gasteiger partial charge in [0.15, 0.2) is 0 Å². The summed E-state index contributed by atoms with van der Waals surface area (Å²) in [5, 5.41) is 0. The molecule has 0 aromatic rings. The molecule has 2 aliphatic rings. The van der Waals surface area contributed by atoms with Gasteiger partial charge in [0, 0.05) is 12.6 Å². The van der Waals surface area contributed by atoms with Crippen LogP contribution in [0.15, 0.2) is 0 Å². The first-order valence-corrected chi connectivity index (χ1v) is 5.51. The van der Waals surface area contributed by atoms with Crippen LogP contribution >= 0.6 is 0 Å². The molecule has 1 aliphatic carbocycles. The van der Waals surface area contributed by atoms with Crippen molar-refractivity contribution in [3.8, 4) is 0 Å². The SMILES string of the molecule is CC(C)CN1CCC2CCCC21. The summed E-state index contributed by atoms with van der Waals surface area (Å²) in [4.78, 5) is 2.74. The molecule has 0 radical (unpaired) electrons. The summed E-state index contributed by atoms with van der Waals surface area (Å²) in [5.74, 6) is 1.92. The minimum absolute atomic E-state index is 0.851. The maximum Gasteiger partial charge on any atom is 0.0124 e. The number of fused-ring (bicyclic) bond motifs is 1. The molecule has 1 heteroatoms. The van der Waals surface area contributed by atoms with Gasteiger partial charge < -0.3 is 0 Å². The van der Waals surface area contributed by atoms with E-state index in [0.717, 1.165) is 17.9 Å². The van der Waals surface area contributed by atoms with Gasteiger partial charge in [-0.05, 0) is 37.6 Å². The van der Waals surface area contributed by atoms with E-state index in [1.807, 2.05) is 0 Å². The van der Waals surface area contributed by atoms with Crippen LogP contribution in [0.1, 0.15) is 39.5 Å². The Morgan fingerprint density at radius 3 is 2.83 bits per heavy atom. The zero-order chi connectivity index (χ0) is 8.55. The molecule has 1 aliphatic heterocycles. The minimum atomic E-state index is 0.851. The lowest BCUT2D eigenvalue weighted by atomic mass is 10.0. The smallest absolute Gasteiger partial charge is 0.0124 e. The van der Waals surface area contributed by atoms with Crippen LogP contribution in [0.4, 0.5) is 0 Å². The largest absolute Gasteiger partial charge is 0.300 e. The normalized spacial score (nSPS) is 36.2. The molecule has 1 saturated heterocycles. The van der Waals surface area contributed by atoms with Gasteiger partial charge in [0.25, 0.3) is 0 Å². The van der Waals surface area contributed by atoms with Gasteiger partial charge >= 0.3 is 0 Å². The number of rotatable bonds is 2. The molecule has 0 aromatic heterocycles. The van der Waals surface area contributed by atoms with E-state index >= 15 is 0 Å². The van der Waals surface area contributed by atoms with Crippen LogP contribution in [0, 0.1) is 11.8 Å². The highest BCUT2D eigenvalue weighted by atomic mass is 15.2. The molecule has 70 valence electrons. The van der Waals surface area contributed by atoms with Crippen LogP contribution in [0.3, 0.4) is 0 Å². The molecule has 2 atom stereocenters. The van der Waals surface area contributed by atoms with Crippen molar-refractivity contribution in [2.75, 3.05) is 13.1 Å². The average molecular weight is 167 g/mol. The highest BCUT2D eigenvalue weighted by Crippen LogP contribution is 2.37. The van der Waals surface area contributed by atoms with E-state index in [2.05, 4.69) is 18.7 Å². The molecule has 0 aromatic carbocycles. The highest BCUT2D eigenvalue weighted by molar-refractivity contribution is 4.91. The van der Waals surface area contributed by atoms with Gasteiger partial charge in [0.2, 0.25) is 0 Å². The first kappa shape index (κ1) is 8.55. The first-order chi connectivity index (χ1) is 5.77. The average Bonchev–Trinajstić information content (AvgIpc) is 2.52. The molecule has 0 amide bonds. The fourth-order valence-corrected chi connectivity index (χ4v) is 3.03. The molecule has 1 saturated carbocycles. The van der Waals surface area contributed by atoms with E-state index in [1.165, 1.54) is 38.8 Å². The van der Waals surface area contributed by atoms with Crippen molar-refractivity contribution in [2.24, 2.45) is 11.8 Å². The second-order valence-corrected chi connectivity index (χ2v) is 4.94. The van der Waals surface area contributed by atoms with Crippen LogP contribution < -0.4 is 0 Å². The van der Waals surface area contributed by atoms with Crippen molar-refractivity contribution < 1.29 is 0 Å². The first-order valence-electron chi connectivity index (χ1n) is 5.51. The molecule has 0 N–H and O–H groups in total. The molecule has 2 unspecified atom stereocenters. The van der Waals surface area contributed by atoms with Crippen molar-refractivity contribution in [1.82, 2.24) is 4.90 Å². The summed E-state index contributed by atoms with van der Waals surface area (Å²) < 4.78 is 0. The summed E-state index contributed by atoms with van der Waals surface area (Å²) in [6.07, 6.45) is 5.97. The third-order valence-corrected chi connectivity index (χ3v) is 3.47. The summed E-state index contributed by atoms with van der Waals surface area (Å²) in [6, 6.07) is 0.979. The van der Waals surface area contributed by atoms with Crippen LogP contribution in [0.5, 0.6) is 0 Å². The lowest BCUT2D eigenvalue weighted by molar-refractivity contribution is 0.216. The van der Waals surface area contributed by atoms with E-state index in [-0.39, 0.29) is 0 Å². The minimum Gasteiger partial charge on any atom is -0.300 e. The molecule has 12 heavy (non-hydrogen) atoms. The van der Waals surface area contributed by atoms with Gasteiger partial charge in [-0.2, -0.15) is 0 Å². The lowest BCUT2D eigenvalue weighted by Gasteiger charge is -2.25. The Kier molecular flexibility index (Phi) is 2.40. The summed E-state index contributed by atoms with van der Waals surface area (Å²) in [6.45, 7) is 7.39. The van der Waals surface area contributed by atoms with E-state index in [9.17, 15) is 0 Å². The van der Waals surface area contributed by atoms with Gasteiger partial charge in [-0.3, -0.25) is 4.90 Å². The second-order valence-electron chi connectivity index (χ2n) is 4.94. The van der Waals surface area contributed by atoms with Gasteiger partial charge in [0.05, 0.1) is 0 Å². The molecule has 1 heterocycles. The zero-order valence-corrected chi connectivity index (χ0v) is 8.42. The molecule has 0 spiro atoms. The number of hydrogen-bond acceptors (Lipinski definition) is 1. The Bertz CT molecular complexity index is 153. The van der Waals surface area contributed by atoms with Crippen LogP contribution in [-0.4, -0.2) is 24.0 Å². The van der Waals surface area contributed by atoms with Gasteiger partial charge in [0.1, 0.15) is 0 Å². The molecule has 2 fully saturated rings. The fourth-order valence-electron chi connectivity index (χ4n) is 3.03. The Labute approximate surface area is 76.1 Å². The Balaban J connectivity index is 1.91. The van der Waals surface area contributed by atoms with E-state index in [4.69, 9.17) is 0 Å². The van der Waals surface area contributed by atoms with Crippen LogP contribution in [0.2, 0.25) is 0 Å². The lowest BCUT2D eigenvalue weighted by Crippen LogP contribution is -2.33. The third-order valence-electron chi connectivity index (χ3n) is 3.47. The van der Waals surface area contributed by atoms with Crippen molar-refractivity contribution in [2.45, 2.75) is 45.6 Å². The fraction of sp³-hybridized carbons (Fsp3) is 1.00. The number of nitrogens with zero attached hydrogens (tertiary/aromatic N) is 1. The molecular formula is C11H21N. The van der Waals surface area contributed by atoms with Gasteiger partial charge in [-0.1, -0.05) is 20.3 Å². The Hall–Kier alpha value is -0.0400. The predicted octanol–water partition coefficient (Wildman–Crippen LogP) is 2.52. The highest BCUT2D eigenvalue weighted by Gasteiger charge is 2.36. The summed E-state index contributed by atoms with van der Waals surface area (Å²) >= 11 is 0. The maximum absolute atomic E-state index is 2.74. The predicted molar refractivity (Wildman–Crippen MR) is 52.2 cm³/mol. The van der Waals surface area contributed by atoms with Crippen LogP contribution in [0.25, 0.3) is 0 Å².